The summed E-state index contributed by atoms with van der Waals surface area (Å²) in [6, 6.07) is 1.42. The van der Waals surface area contributed by atoms with E-state index in [1.807, 2.05) is 0 Å². The Morgan fingerprint density at radius 1 is 1.47 bits per heavy atom. The highest BCUT2D eigenvalue weighted by Crippen LogP contribution is 2.21. The number of esters is 1. The molecule has 94 valence electrons. The van der Waals surface area contributed by atoms with Crippen molar-refractivity contribution in [2.75, 3.05) is 13.2 Å². The summed E-state index contributed by atoms with van der Waals surface area (Å²) in [5.41, 5.74) is 0.254. The van der Waals surface area contributed by atoms with Crippen LogP contribution >= 0.6 is 23.2 Å². The third kappa shape index (κ3) is 4.28. The highest BCUT2D eigenvalue weighted by molar-refractivity contribution is 6.41. The lowest BCUT2D eigenvalue weighted by atomic mass is 10.3. The Morgan fingerprint density at radius 3 is 2.71 bits per heavy atom. The third-order valence-corrected chi connectivity index (χ3v) is 2.58. The molecule has 17 heavy (non-hydrogen) atoms. The van der Waals surface area contributed by atoms with Crippen molar-refractivity contribution in [2.24, 2.45) is 0 Å². The number of hydrogen-bond donors (Lipinski definition) is 2. The molecule has 0 aliphatic carbocycles. The molecule has 2 N–H and O–H groups in total. The lowest BCUT2D eigenvalue weighted by molar-refractivity contribution is -0.142. The first-order valence-electron chi connectivity index (χ1n) is 5.02. The number of amides is 1. The summed E-state index contributed by atoms with van der Waals surface area (Å²) < 4.78 is 4.71. The van der Waals surface area contributed by atoms with Gasteiger partial charge in [0.05, 0.1) is 18.1 Å². The van der Waals surface area contributed by atoms with Crippen molar-refractivity contribution in [1.82, 2.24) is 10.3 Å². The van der Waals surface area contributed by atoms with Gasteiger partial charge in [-0.3, -0.25) is 9.59 Å². The van der Waals surface area contributed by atoms with E-state index in [-0.39, 0.29) is 40.7 Å². The summed E-state index contributed by atoms with van der Waals surface area (Å²) in [5, 5.41) is 3.03. The van der Waals surface area contributed by atoms with E-state index in [1.165, 1.54) is 6.07 Å². The fraction of sp³-hybridized carbons (Fsp3) is 0.400. The molecule has 0 aliphatic rings. The molecule has 1 heterocycles. The van der Waals surface area contributed by atoms with E-state index in [0.717, 1.165) is 0 Å². The maximum Gasteiger partial charge on any atom is 0.307 e. The first-order chi connectivity index (χ1) is 8.04. The molecule has 7 heteroatoms. The predicted octanol–water partition coefficient (Wildman–Crippen LogP) is 2.00. The second kappa shape index (κ2) is 6.51. The van der Waals surface area contributed by atoms with Gasteiger partial charge in [0.2, 0.25) is 0 Å². The van der Waals surface area contributed by atoms with Gasteiger partial charge in [-0.2, -0.15) is 0 Å². The minimum absolute atomic E-state index is 0.127. The van der Waals surface area contributed by atoms with Crippen molar-refractivity contribution in [3.63, 3.8) is 0 Å². The molecule has 0 spiro atoms. The topological polar surface area (TPSA) is 71.2 Å². The van der Waals surface area contributed by atoms with Crippen LogP contribution in [0.1, 0.15) is 23.8 Å². The van der Waals surface area contributed by atoms with Gasteiger partial charge < -0.3 is 15.0 Å². The molecule has 0 bridgehead atoms. The molecule has 0 radical (unpaired) electrons. The fourth-order valence-electron chi connectivity index (χ4n) is 1.13. The average Bonchev–Trinajstić information content (AvgIpc) is 2.59. The van der Waals surface area contributed by atoms with E-state index in [1.54, 1.807) is 6.92 Å². The van der Waals surface area contributed by atoms with Crippen molar-refractivity contribution in [3.05, 3.63) is 21.9 Å². The minimum atomic E-state index is -0.372. The summed E-state index contributed by atoms with van der Waals surface area (Å²) in [4.78, 5) is 25.1. The maximum absolute atomic E-state index is 11.5. The second-order valence-corrected chi connectivity index (χ2v) is 3.94. The molecule has 1 rings (SSSR count). The summed E-state index contributed by atoms with van der Waals surface area (Å²) in [5.74, 6) is -0.724. The number of nitrogens with one attached hydrogen (secondary N) is 2. The van der Waals surface area contributed by atoms with Crippen molar-refractivity contribution in [2.45, 2.75) is 13.3 Å². The Kier molecular flexibility index (Phi) is 5.31. The van der Waals surface area contributed by atoms with Gasteiger partial charge in [0.25, 0.3) is 5.91 Å². The Labute approximate surface area is 108 Å². The van der Waals surface area contributed by atoms with Crippen LogP contribution in [-0.2, 0) is 9.53 Å². The van der Waals surface area contributed by atoms with Gasteiger partial charge in [-0.05, 0) is 13.0 Å². The smallest absolute Gasteiger partial charge is 0.307 e. The van der Waals surface area contributed by atoms with E-state index in [0.29, 0.717) is 6.61 Å². The zero-order chi connectivity index (χ0) is 12.8. The molecule has 0 atom stereocenters. The summed E-state index contributed by atoms with van der Waals surface area (Å²) >= 11 is 11.3. The van der Waals surface area contributed by atoms with Crippen molar-refractivity contribution < 1.29 is 14.3 Å². The number of carbonyl (C=O) groups excluding carboxylic acids is 2. The van der Waals surface area contributed by atoms with E-state index >= 15 is 0 Å². The number of hydrogen-bond acceptors (Lipinski definition) is 3. The largest absolute Gasteiger partial charge is 0.466 e. The highest BCUT2D eigenvalue weighted by atomic mass is 35.5. The lowest BCUT2D eigenvalue weighted by Crippen LogP contribution is -2.26. The number of rotatable bonds is 5. The molecule has 5 nitrogen and oxygen atoms in total. The molecule has 0 aromatic carbocycles. The van der Waals surface area contributed by atoms with Crippen LogP contribution in [-0.4, -0.2) is 30.0 Å². The van der Waals surface area contributed by atoms with Crippen LogP contribution in [0.15, 0.2) is 6.07 Å². The Bertz CT molecular complexity index is 398. The minimum Gasteiger partial charge on any atom is -0.466 e. The third-order valence-electron chi connectivity index (χ3n) is 1.89. The van der Waals surface area contributed by atoms with Crippen LogP contribution in [0.4, 0.5) is 0 Å². The summed E-state index contributed by atoms with van der Waals surface area (Å²) in [6.45, 7) is 2.25. The van der Waals surface area contributed by atoms with E-state index in [2.05, 4.69) is 10.3 Å². The van der Waals surface area contributed by atoms with E-state index in [9.17, 15) is 9.59 Å². The molecule has 1 aromatic heterocycles. The fourth-order valence-corrected chi connectivity index (χ4v) is 1.45. The molecular weight excluding hydrogens is 267 g/mol. The Balaban J connectivity index is 2.37. The lowest BCUT2D eigenvalue weighted by Gasteiger charge is -2.03. The molecule has 0 fully saturated rings. The second-order valence-electron chi connectivity index (χ2n) is 3.16. The number of carbonyl (C=O) groups is 2. The highest BCUT2D eigenvalue weighted by Gasteiger charge is 2.11. The van der Waals surface area contributed by atoms with Gasteiger partial charge in [-0.25, -0.2) is 0 Å². The van der Waals surface area contributed by atoms with Crippen molar-refractivity contribution in [3.8, 4) is 0 Å². The molecule has 1 amide bonds. The molecule has 0 saturated carbocycles. The molecule has 0 unspecified atom stereocenters. The molecular formula is C10H12Cl2N2O3. The van der Waals surface area contributed by atoms with Crippen LogP contribution in [0.5, 0.6) is 0 Å². The zero-order valence-corrected chi connectivity index (χ0v) is 10.7. The van der Waals surface area contributed by atoms with Crippen LogP contribution in [0.25, 0.3) is 0 Å². The Hall–Kier alpha value is -1.20. The van der Waals surface area contributed by atoms with Crippen molar-refractivity contribution >= 4 is 35.1 Å². The van der Waals surface area contributed by atoms with Gasteiger partial charge in [0.1, 0.15) is 10.8 Å². The van der Waals surface area contributed by atoms with Crippen molar-refractivity contribution in [1.29, 1.82) is 0 Å². The number of ether oxygens (including phenoxy) is 1. The molecule has 1 aromatic rings. The van der Waals surface area contributed by atoms with E-state index in [4.69, 9.17) is 27.9 Å². The van der Waals surface area contributed by atoms with E-state index < -0.39 is 0 Å². The summed E-state index contributed by atoms with van der Waals surface area (Å²) in [7, 11) is 0. The SMILES string of the molecule is CCOC(=O)CCNC(=O)c1cc(Cl)c(Cl)[nH]1. The Morgan fingerprint density at radius 2 is 2.18 bits per heavy atom. The molecule has 0 aliphatic heterocycles. The quantitative estimate of drug-likeness (QED) is 0.810. The standard InChI is InChI=1S/C10H12Cl2N2O3/c1-2-17-8(15)3-4-13-10(16)7-5-6(11)9(12)14-7/h5,14H,2-4H2,1H3,(H,13,16). The van der Waals surface area contributed by atoms with Crippen LogP contribution in [0.2, 0.25) is 10.2 Å². The van der Waals surface area contributed by atoms with Gasteiger partial charge in [0, 0.05) is 6.54 Å². The number of halogens is 2. The maximum atomic E-state index is 11.5. The normalized spacial score (nSPS) is 10.1. The van der Waals surface area contributed by atoms with Crippen LogP contribution in [0, 0.1) is 0 Å². The zero-order valence-electron chi connectivity index (χ0n) is 9.18. The van der Waals surface area contributed by atoms with Crippen LogP contribution in [0.3, 0.4) is 0 Å². The first-order valence-corrected chi connectivity index (χ1v) is 5.78. The molecule has 0 saturated heterocycles. The number of aromatic nitrogens is 1. The van der Waals surface area contributed by atoms with Gasteiger partial charge >= 0.3 is 5.97 Å². The predicted molar refractivity (Wildman–Crippen MR) is 64.4 cm³/mol. The number of aromatic amines is 1. The first kappa shape index (κ1) is 13.9. The number of H-pyrrole nitrogens is 1. The van der Waals surface area contributed by atoms with Gasteiger partial charge in [-0.1, -0.05) is 23.2 Å². The van der Waals surface area contributed by atoms with Crippen LogP contribution < -0.4 is 5.32 Å². The average molecular weight is 279 g/mol. The monoisotopic (exact) mass is 278 g/mol. The van der Waals surface area contributed by atoms with Gasteiger partial charge in [0.15, 0.2) is 0 Å². The summed E-state index contributed by atoms with van der Waals surface area (Å²) in [6.07, 6.45) is 0.127. The van der Waals surface area contributed by atoms with Gasteiger partial charge in [-0.15, -0.1) is 0 Å².